The zero-order chi connectivity index (χ0) is 14.1. The molecule has 1 aliphatic heterocycles. The number of halogens is 2. The summed E-state index contributed by atoms with van der Waals surface area (Å²) in [4.78, 5) is 6.33. The average Bonchev–Trinajstić information content (AvgIpc) is 2.76. The number of hydrogen-bond acceptors (Lipinski definition) is 2. The summed E-state index contributed by atoms with van der Waals surface area (Å²) in [6.45, 7) is 5.22. The second-order valence-corrected chi connectivity index (χ2v) is 5.42. The molecule has 3 nitrogen and oxygen atoms in total. The van der Waals surface area contributed by atoms with E-state index in [0.29, 0.717) is 18.0 Å². The van der Waals surface area contributed by atoms with Gasteiger partial charge in [0, 0.05) is 50.1 Å². The van der Waals surface area contributed by atoms with Crippen LogP contribution in [0.25, 0.3) is 0 Å². The molecular formula is C15H17F2N3. The number of hydrogen-bond donors (Lipinski definition) is 0. The maximum absolute atomic E-state index is 13.5. The molecule has 0 bridgehead atoms. The monoisotopic (exact) mass is 277 g/mol. The van der Waals surface area contributed by atoms with Crippen LogP contribution >= 0.6 is 0 Å². The van der Waals surface area contributed by atoms with Crippen molar-refractivity contribution in [2.45, 2.75) is 20.0 Å². The number of imidazole rings is 1. The normalized spacial score (nSPS) is 16.4. The lowest BCUT2D eigenvalue weighted by Crippen LogP contribution is -2.47. The van der Waals surface area contributed by atoms with Gasteiger partial charge >= 0.3 is 0 Å². The van der Waals surface area contributed by atoms with Crippen molar-refractivity contribution in [3.05, 3.63) is 53.6 Å². The highest BCUT2D eigenvalue weighted by Gasteiger charge is 2.27. The SMILES string of the molecule is Cc1nccn1CC1CN(Cc2cc(F)ccc2F)C1. The largest absolute Gasteiger partial charge is 0.335 e. The molecule has 1 aromatic carbocycles. The molecule has 1 aromatic heterocycles. The first-order chi connectivity index (χ1) is 9.61. The summed E-state index contributed by atoms with van der Waals surface area (Å²) >= 11 is 0. The summed E-state index contributed by atoms with van der Waals surface area (Å²) in [6.07, 6.45) is 3.78. The minimum absolute atomic E-state index is 0.333. The Bertz CT molecular complexity index is 603. The summed E-state index contributed by atoms with van der Waals surface area (Å²) < 4.78 is 28.8. The van der Waals surface area contributed by atoms with Crippen LogP contribution in [-0.2, 0) is 13.1 Å². The molecule has 0 aliphatic carbocycles. The molecule has 0 saturated carbocycles. The lowest BCUT2D eigenvalue weighted by molar-refractivity contribution is 0.0787. The zero-order valence-corrected chi connectivity index (χ0v) is 11.4. The fraction of sp³-hybridized carbons (Fsp3) is 0.400. The van der Waals surface area contributed by atoms with E-state index in [-0.39, 0.29) is 11.6 Å². The van der Waals surface area contributed by atoms with Gasteiger partial charge in [-0.05, 0) is 25.1 Å². The maximum Gasteiger partial charge on any atom is 0.127 e. The summed E-state index contributed by atoms with van der Waals surface area (Å²) in [6, 6.07) is 3.62. The molecule has 1 fully saturated rings. The van der Waals surface area contributed by atoms with Crippen LogP contribution in [-0.4, -0.2) is 27.5 Å². The van der Waals surface area contributed by atoms with E-state index in [1.165, 1.54) is 12.1 Å². The minimum Gasteiger partial charge on any atom is -0.335 e. The lowest BCUT2D eigenvalue weighted by atomic mass is 9.99. The Balaban J connectivity index is 1.53. The Morgan fingerprint density at radius 3 is 2.80 bits per heavy atom. The fourth-order valence-corrected chi connectivity index (χ4v) is 2.70. The molecule has 0 unspecified atom stereocenters. The molecular weight excluding hydrogens is 260 g/mol. The molecule has 2 heterocycles. The van der Waals surface area contributed by atoms with Crippen molar-refractivity contribution >= 4 is 0 Å². The van der Waals surface area contributed by atoms with Crippen molar-refractivity contribution in [1.29, 1.82) is 0 Å². The van der Waals surface area contributed by atoms with Crippen LogP contribution in [0.3, 0.4) is 0 Å². The molecule has 0 radical (unpaired) electrons. The van der Waals surface area contributed by atoms with E-state index < -0.39 is 0 Å². The highest BCUT2D eigenvalue weighted by molar-refractivity contribution is 5.19. The first-order valence-corrected chi connectivity index (χ1v) is 6.76. The van der Waals surface area contributed by atoms with Gasteiger partial charge in [0.15, 0.2) is 0 Å². The van der Waals surface area contributed by atoms with E-state index in [2.05, 4.69) is 14.5 Å². The van der Waals surface area contributed by atoms with Gasteiger partial charge in [0.05, 0.1) is 0 Å². The Hall–Kier alpha value is -1.75. The average molecular weight is 277 g/mol. The Labute approximate surface area is 116 Å². The van der Waals surface area contributed by atoms with Crippen molar-refractivity contribution in [3.8, 4) is 0 Å². The molecule has 0 atom stereocenters. The molecule has 0 N–H and O–H groups in total. The van der Waals surface area contributed by atoms with Gasteiger partial charge in [-0.3, -0.25) is 4.90 Å². The molecule has 2 aromatic rings. The third kappa shape index (κ3) is 2.72. The number of nitrogens with zero attached hydrogens (tertiary/aromatic N) is 3. The van der Waals surface area contributed by atoms with Crippen molar-refractivity contribution in [1.82, 2.24) is 14.5 Å². The van der Waals surface area contributed by atoms with E-state index >= 15 is 0 Å². The quantitative estimate of drug-likeness (QED) is 0.856. The van der Waals surface area contributed by atoms with Gasteiger partial charge in [-0.1, -0.05) is 0 Å². The topological polar surface area (TPSA) is 21.1 Å². The summed E-state index contributed by atoms with van der Waals surface area (Å²) in [5, 5.41) is 0. The molecule has 5 heteroatoms. The van der Waals surface area contributed by atoms with Gasteiger partial charge in [0.2, 0.25) is 0 Å². The summed E-state index contributed by atoms with van der Waals surface area (Å²) in [7, 11) is 0. The van der Waals surface area contributed by atoms with Crippen LogP contribution in [0.15, 0.2) is 30.6 Å². The Kier molecular flexibility index (Phi) is 3.53. The zero-order valence-electron chi connectivity index (χ0n) is 11.4. The van der Waals surface area contributed by atoms with Crippen LogP contribution < -0.4 is 0 Å². The highest BCUT2D eigenvalue weighted by Crippen LogP contribution is 2.22. The lowest BCUT2D eigenvalue weighted by Gasteiger charge is -2.39. The van der Waals surface area contributed by atoms with Crippen LogP contribution in [0.5, 0.6) is 0 Å². The first kappa shape index (κ1) is 13.2. The van der Waals surface area contributed by atoms with E-state index in [1.807, 2.05) is 13.1 Å². The number of aromatic nitrogens is 2. The number of rotatable bonds is 4. The third-order valence-electron chi connectivity index (χ3n) is 3.81. The van der Waals surface area contributed by atoms with Gasteiger partial charge in [0.1, 0.15) is 17.5 Å². The number of likely N-dealkylation sites (tertiary alicyclic amines) is 1. The predicted octanol–water partition coefficient (Wildman–Crippen LogP) is 2.60. The molecule has 0 amide bonds. The van der Waals surface area contributed by atoms with Crippen LogP contribution in [0.1, 0.15) is 11.4 Å². The third-order valence-corrected chi connectivity index (χ3v) is 3.81. The van der Waals surface area contributed by atoms with Crippen molar-refractivity contribution < 1.29 is 8.78 Å². The van der Waals surface area contributed by atoms with Gasteiger partial charge in [-0.25, -0.2) is 13.8 Å². The molecule has 1 saturated heterocycles. The molecule has 106 valence electrons. The second kappa shape index (κ2) is 5.32. The maximum atomic E-state index is 13.5. The molecule has 20 heavy (non-hydrogen) atoms. The smallest absolute Gasteiger partial charge is 0.127 e. The van der Waals surface area contributed by atoms with Crippen LogP contribution in [0, 0.1) is 24.5 Å². The first-order valence-electron chi connectivity index (χ1n) is 6.76. The Morgan fingerprint density at radius 2 is 2.10 bits per heavy atom. The molecule has 0 spiro atoms. The van der Waals surface area contributed by atoms with Gasteiger partial charge in [0.25, 0.3) is 0 Å². The standard InChI is InChI=1S/C15H17F2N3/c1-11-18-4-5-20(11)9-12-7-19(8-12)10-13-6-14(16)2-3-15(13)17/h2-6,12H,7-10H2,1H3. The van der Waals surface area contributed by atoms with Gasteiger partial charge < -0.3 is 4.57 Å². The number of aryl methyl sites for hydroxylation is 1. The van der Waals surface area contributed by atoms with Gasteiger partial charge in [-0.15, -0.1) is 0 Å². The Morgan fingerprint density at radius 1 is 1.30 bits per heavy atom. The van der Waals surface area contributed by atoms with Crippen molar-refractivity contribution in [3.63, 3.8) is 0 Å². The van der Waals surface area contributed by atoms with E-state index in [4.69, 9.17) is 0 Å². The summed E-state index contributed by atoms with van der Waals surface area (Å²) in [5.41, 5.74) is 0.433. The minimum atomic E-state index is -0.382. The van der Waals surface area contributed by atoms with E-state index in [0.717, 1.165) is 31.5 Å². The van der Waals surface area contributed by atoms with E-state index in [9.17, 15) is 8.78 Å². The van der Waals surface area contributed by atoms with Gasteiger partial charge in [-0.2, -0.15) is 0 Å². The second-order valence-electron chi connectivity index (χ2n) is 5.42. The van der Waals surface area contributed by atoms with Crippen LogP contribution in [0.4, 0.5) is 8.78 Å². The van der Waals surface area contributed by atoms with Crippen LogP contribution in [0.2, 0.25) is 0 Å². The van der Waals surface area contributed by atoms with E-state index in [1.54, 1.807) is 6.20 Å². The predicted molar refractivity (Wildman–Crippen MR) is 72.1 cm³/mol. The van der Waals surface area contributed by atoms with Crippen molar-refractivity contribution in [2.24, 2.45) is 5.92 Å². The fourth-order valence-electron chi connectivity index (χ4n) is 2.70. The molecule has 3 rings (SSSR count). The summed E-state index contributed by atoms with van der Waals surface area (Å²) in [5.74, 6) is 0.854. The van der Waals surface area contributed by atoms with Crippen molar-refractivity contribution in [2.75, 3.05) is 13.1 Å². The highest BCUT2D eigenvalue weighted by atomic mass is 19.1. The number of benzene rings is 1. The molecule has 1 aliphatic rings.